The molecule has 2 aromatic carbocycles. The molecule has 0 fully saturated rings. The summed E-state index contributed by atoms with van der Waals surface area (Å²) in [5.74, 6) is 1.95. The second kappa shape index (κ2) is 8.83. The fourth-order valence-electron chi connectivity index (χ4n) is 3.31. The lowest BCUT2D eigenvalue weighted by atomic mass is 10.0. The van der Waals surface area contributed by atoms with E-state index in [0.29, 0.717) is 23.9 Å². The van der Waals surface area contributed by atoms with E-state index in [-0.39, 0.29) is 5.69 Å². The third-order valence-electron chi connectivity index (χ3n) is 4.96. The van der Waals surface area contributed by atoms with Crippen molar-refractivity contribution in [2.24, 2.45) is 7.05 Å². The van der Waals surface area contributed by atoms with Crippen LogP contribution in [-0.2, 0) is 20.1 Å². The molecule has 4 rings (SSSR count). The van der Waals surface area contributed by atoms with Gasteiger partial charge in [0.1, 0.15) is 18.1 Å². The highest BCUT2D eigenvalue weighted by Gasteiger charge is 2.15. The van der Waals surface area contributed by atoms with Crippen molar-refractivity contribution in [1.29, 1.82) is 0 Å². The first-order valence-electron chi connectivity index (χ1n) is 9.99. The third kappa shape index (κ3) is 4.32. The number of rotatable bonds is 7. The van der Waals surface area contributed by atoms with Gasteiger partial charge < -0.3 is 9.47 Å². The average molecular weight is 417 g/mol. The van der Waals surface area contributed by atoms with E-state index in [9.17, 15) is 4.79 Å². The van der Waals surface area contributed by atoms with E-state index in [1.165, 1.54) is 9.36 Å². The predicted octanol–water partition coefficient (Wildman–Crippen LogP) is 3.60. The number of tetrazole rings is 1. The molecule has 0 N–H and O–H groups in total. The van der Waals surface area contributed by atoms with Crippen molar-refractivity contribution in [3.63, 3.8) is 0 Å². The van der Waals surface area contributed by atoms with E-state index in [4.69, 9.17) is 9.47 Å². The Bertz CT molecular complexity index is 1250. The van der Waals surface area contributed by atoms with Crippen LogP contribution in [0.15, 0.2) is 65.6 Å². The molecule has 0 bridgehead atoms. The van der Waals surface area contributed by atoms with Gasteiger partial charge in [-0.3, -0.25) is 0 Å². The largest absolute Gasteiger partial charge is 0.489 e. The van der Waals surface area contributed by atoms with Gasteiger partial charge in [0.05, 0.1) is 5.69 Å². The van der Waals surface area contributed by atoms with Gasteiger partial charge in [0.25, 0.3) is 0 Å². The smallest absolute Gasteiger partial charge is 0.368 e. The molecule has 0 aliphatic rings. The van der Waals surface area contributed by atoms with Crippen LogP contribution in [0.5, 0.6) is 17.4 Å². The van der Waals surface area contributed by atoms with Gasteiger partial charge in [0.15, 0.2) is 0 Å². The van der Waals surface area contributed by atoms with Gasteiger partial charge in [-0.2, -0.15) is 9.36 Å². The molecule has 0 radical (unpaired) electrons. The molecule has 8 heteroatoms. The van der Waals surface area contributed by atoms with E-state index in [0.717, 1.165) is 28.9 Å². The zero-order chi connectivity index (χ0) is 21.8. The van der Waals surface area contributed by atoms with E-state index in [1.807, 2.05) is 55.5 Å². The molecule has 0 amide bonds. The fraction of sp³-hybridized carbons (Fsp3) is 0.217. The van der Waals surface area contributed by atoms with Crippen LogP contribution in [0.2, 0.25) is 0 Å². The van der Waals surface area contributed by atoms with Gasteiger partial charge in [0, 0.05) is 24.9 Å². The van der Waals surface area contributed by atoms with Crippen LogP contribution in [0.4, 0.5) is 0 Å². The maximum atomic E-state index is 12.4. The SMILES string of the molecule is CCc1cccc(-n2nnn(C)c2=O)c1COc1ccc(Oc2ccccn2)cc1C. The highest BCUT2D eigenvalue weighted by atomic mass is 16.5. The summed E-state index contributed by atoms with van der Waals surface area (Å²) in [7, 11) is 1.57. The normalized spacial score (nSPS) is 10.8. The summed E-state index contributed by atoms with van der Waals surface area (Å²) < 4.78 is 14.4. The minimum atomic E-state index is -0.304. The molecule has 0 aliphatic heterocycles. The van der Waals surface area contributed by atoms with Gasteiger partial charge in [-0.15, -0.1) is 0 Å². The van der Waals surface area contributed by atoms with Crippen LogP contribution in [0.1, 0.15) is 23.6 Å². The van der Waals surface area contributed by atoms with Crippen LogP contribution in [0.3, 0.4) is 0 Å². The Balaban J connectivity index is 1.58. The quantitative estimate of drug-likeness (QED) is 0.457. The van der Waals surface area contributed by atoms with Crippen molar-refractivity contribution in [2.75, 3.05) is 0 Å². The number of nitrogens with zero attached hydrogens (tertiary/aromatic N) is 5. The fourth-order valence-corrected chi connectivity index (χ4v) is 3.31. The second-order valence-corrected chi connectivity index (χ2v) is 7.05. The first-order valence-corrected chi connectivity index (χ1v) is 9.99. The number of aromatic nitrogens is 5. The molecular formula is C23H23N5O3. The average Bonchev–Trinajstić information content (AvgIpc) is 3.12. The Kier molecular flexibility index (Phi) is 5.79. The van der Waals surface area contributed by atoms with Crippen LogP contribution in [0, 0.1) is 6.92 Å². The number of pyridine rings is 1. The van der Waals surface area contributed by atoms with Gasteiger partial charge in [-0.05, 0) is 65.2 Å². The highest BCUT2D eigenvalue weighted by molar-refractivity contribution is 5.46. The van der Waals surface area contributed by atoms with Crippen molar-refractivity contribution in [3.8, 4) is 23.1 Å². The summed E-state index contributed by atoms with van der Waals surface area (Å²) >= 11 is 0. The monoisotopic (exact) mass is 417 g/mol. The number of hydrogen-bond acceptors (Lipinski definition) is 6. The number of benzene rings is 2. The summed E-state index contributed by atoms with van der Waals surface area (Å²) in [6, 6.07) is 16.9. The van der Waals surface area contributed by atoms with Crippen molar-refractivity contribution >= 4 is 0 Å². The molecule has 0 atom stereocenters. The van der Waals surface area contributed by atoms with Crippen molar-refractivity contribution < 1.29 is 9.47 Å². The molecule has 4 aromatic rings. The highest BCUT2D eigenvalue weighted by Crippen LogP contribution is 2.28. The lowest BCUT2D eigenvalue weighted by molar-refractivity contribution is 0.301. The summed E-state index contributed by atoms with van der Waals surface area (Å²) in [6.45, 7) is 4.32. The Morgan fingerprint density at radius 1 is 1.03 bits per heavy atom. The summed E-state index contributed by atoms with van der Waals surface area (Å²) in [6.07, 6.45) is 2.49. The van der Waals surface area contributed by atoms with Gasteiger partial charge >= 0.3 is 5.69 Å². The van der Waals surface area contributed by atoms with Crippen LogP contribution >= 0.6 is 0 Å². The Labute approximate surface area is 179 Å². The zero-order valence-electron chi connectivity index (χ0n) is 17.6. The molecule has 8 nitrogen and oxygen atoms in total. The maximum Gasteiger partial charge on any atom is 0.368 e. The lowest BCUT2D eigenvalue weighted by Gasteiger charge is -2.16. The zero-order valence-corrected chi connectivity index (χ0v) is 17.6. The lowest BCUT2D eigenvalue weighted by Crippen LogP contribution is -2.23. The third-order valence-corrected chi connectivity index (χ3v) is 4.96. The molecular weight excluding hydrogens is 394 g/mol. The van der Waals surface area contributed by atoms with Crippen molar-refractivity contribution in [3.05, 3.63) is 88.0 Å². The Morgan fingerprint density at radius 2 is 1.90 bits per heavy atom. The van der Waals surface area contributed by atoms with Gasteiger partial charge in [-0.25, -0.2) is 9.78 Å². The molecule has 0 unspecified atom stereocenters. The number of aryl methyl sites for hydroxylation is 3. The van der Waals surface area contributed by atoms with Gasteiger partial charge in [0.2, 0.25) is 5.88 Å². The number of ether oxygens (including phenoxy) is 2. The molecule has 158 valence electrons. The Hall–Kier alpha value is -3.94. The summed E-state index contributed by atoms with van der Waals surface area (Å²) in [5, 5.41) is 7.81. The molecule has 0 aliphatic carbocycles. The van der Waals surface area contributed by atoms with Crippen molar-refractivity contribution in [1.82, 2.24) is 24.8 Å². The van der Waals surface area contributed by atoms with Crippen LogP contribution in [0.25, 0.3) is 5.69 Å². The van der Waals surface area contributed by atoms with E-state index in [1.54, 1.807) is 19.3 Å². The Morgan fingerprint density at radius 3 is 2.58 bits per heavy atom. The molecule has 0 saturated heterocycles. The van der Waals surface area contributed by atoms with Crippen LogP contribution < -0.4 is 15.2 Å². The standard InChI is InChI=1S/C23H23N5O3/c1-4-17-8-7-9-20(28-23(29)27(3)25-26-28)19(17)15-30-21-12-11-18(14-16(21)2)31-22-10-5-6-13-24-22/h5-14H,4,15H2,1-3H3. The number of hydrogen-bond donors (Lipinski definition) is 0. The molecule has 2 aromatic heterocycles. The topological polar surface area (TPSA) is 84.1 Å². The minimum Gasteiger partial charge on any atom is -0.489 e. The van der Waals surface area contributed by atoms with E-state index >= 15 is 0 Å². The minimum absolute atomic E-state index is 0.295. The summed E-state index contributed by atoms with van der Waals surface area (Å²) in [4.78, 5) is 16.6. The second-order valence-electron chi connectivity index (χ2n) is 7.05. The van der Waals surface area contributed by atoms with E-state index in [2.05, 4.69) is 22.3 Å². The first kappa shape index (κ1) is 20.3. The van der Waals surface area contributed by atoms with Gasteiger partial charge in [-0.1, -0.05) is 25.1 Å². The molecule has 0 spiro atoms. The van der Waals surface area contributed by atoms with Crippen molar-refractivity contribution in [2.45, 2.75) is 26.9 Å². The first-order chi connectivity index (χ1) is 15.1. The van der Waals surface area contributed by atoms with E-state index < -0.39 is 0 Å². The summed E-state index contributed by atoms with van der Waals surface area (Å²) in [5.41, 5.74) is 3.29. The molecule has 31 heavy (non-hydrogen) atoms. The predicted molar refractivity (Wildman–Crippen MR) is 116 cm³/mol. The molecule has 2 heterocycles. The van der Waals surface area contributed by atoms with Crippen LogP contribution in [-0.4, -0.2) is 24.8 Å². The molecule has 0 saturated carbocycles. The maximum absolute atomic E-state index is 12.4.